The Hall–Kier alpha value is -2.76. The largest absolute Gasteiger partial charge is 0.496 e. The summed E-state index contributed by atoms with van der Waals surface area (Å²) in [5.74, 6) is 2.27. The maximum atomic E-state index is 12.9. The van der Waals surface area contributed by atoms with E-state index in [4.69, 9.17) is 9.47 Å². The molecule has 1 aromatic carbocycles. The highest BCUT2D eigenvalue weighted by atomic mass is 16.5. The number of anilines is 1. The zero-order chi connectivity index (χ0) is 17.8. The highest BCUT2D eigenvalue weighted by Gasteiger charge is 2.24. The number of methoxy groups -OCH3 is 2. The summed E-state index contributed by atoms with van der Waals surface area (Å²) in [6.45, 7) is 4.77. The van der Waals surface area contributed by atoms with E-state index in [9.17, 15) is 4.79 Å². The Balaban J connectivity index is 1.72. The maximum Gasteiger partial charge on any atom is 0.254 e. The zero-order valence-corrected chi connectivity index (χ0v) is 14.9. The van der Waals surface area contributed by atoms with Gasteiger partial charge in [0.25, 0.3) is 5.91 Å². The van der Waals surface area contributed by atoms with Crippen LogP contribution in [-0.2, 0) is 0 Å². The fourth-order valence-electron chi connectivity index (χ4n) is 3.07. The van der Waals surface area contributed by atoms with Crippen LogP contribution in [0, 0.1) is 6.92 Å². The molecule has 0 unspecified atom stereocenters. The first-order valence-electron chi connectivity index (χ1n) is 8.32. The van der Waals surface area contributed by atoms with E-state index in [0.717, 1.165) is 24.5 Å². The number of rotatable bonds is 4. The second-order valence-electron chi connectivity index (χ2n) is 5.97. The maximum absolute atomic E-state index is 12.9. The van der Waals surface area contributed by atoms with E-state index in [0.29, 0.717) is 30.2 Å². The van der Waals surface area contributed by atoms with Crippen molar-refractivity contribution in [2.45, 2.75) is 6.92 Å². The van der Waals surface area contributed by atoms with Crippen LogP contribution >= 0.6 is 0 Å². The number of amides is 1. The van der Waals surface area contributed by atoms with Gasteiger partial charge in [-0.1, -0.05) is 6.07 Å². The lowest BCUT2D eigenvalue weighted by Crippen LogP contribution is -2.49. The fraction of sp³-hybridized carbons (Fsp3) is 0.368. The lowest BCUT2D eigenvalue weighted by Gasteiger charge is -2.35. The van der Waals surface area contributed by atoms with E-state index in [2.05, 4.69) is 9.88 Å². The lowest BCUT2D eigenvalue weighted by molar-refractivity contribution is 0.0745. The Morgan fingerprint density at radius 2 is 1.68 bits per heavy atom. The monoisotopic (exact) mass is 341 g/mol. The summed E-state index contributed by atoms with van der Waals surface area (Å²) in [5.41, 5.74) is 1.48. The summed E-state index contributed by atoms with van der Waals surface area (Å²) in [7, 11) is 3.20. The molecule has 1 aliphatic heterocycles. The molecule has 1 saturated heterocycles. The molecule has 0 atom stereocenters. The highest BCUT2D eigenvalue weighted by Crippen LogP contribution is 2.30. The van der Waals surface area contributed by atoms with E-state index in [-0.39, 0.29) is 5.91 Å². The minimum absolute atomic E-state index is 0.00253. The van der Waals surface area contributed by atoms with E-state index < -0.39 is 0 Å². The molecule has 0 bridgehead atoms. The van der Waals surface area contributed by atoms with Gasteiger partial charge in [-0.15, -0.1) is 0 Å². The van der Waals surface area contributed by atoms with Crippen LogP contribution in [0.3, 0.4) is 0 Å². The molecule has 1 amide bonds. The molecule has 0 radical (unpaired) electrons. The molecule has 1 fully saturated rings. The van der Waals surface area contributed by atoms with Crippen molar-refractivity contribution in [3.05, 3.63) is 47.7 Å². The van der Waals surface area contributed by atoms with Gasteiger partial charge in [0.15, 0.2) is 0 Å². The quantitative estimate of drug-likeness (QED) is 0.855. The van der Waals surface area contributed by atoms with Gasteiger partial charge in [-0.25, -0.2) is 4.98 Å². The summed E-state index contributed by atoms with van der Waals surface area (Å²) < 4.78 is 10.7. The van der Waals surface area contributed by atoms with Crippen LogP contribution in [-0.4, -0.2) is 56.2 Å². The summed E-state index contributed by atoms with van der Waals surface area (Å²) >= 11 is 0. The molecule has 0 N–H and O–H groups in total. The molecule has 3 rings (SSSR count). The van der Waals surface area contributed by atoms with E-state index >= 15 is 0 Å². The molecule has 1 aliphatic rings. The van der Waals surface area contributed by atoms with E-state index in [1.165, 1.54) is 0 Å². The van der Waals surface area contributed by atoms with Crippen molar-refractivity contribution in [3.63, 3.8) is 0 Å². The average molecular weight is 341 g/mol. The van der Waals surface area contributed by atoms with Crippen LogP contribution < -0.4 is 14.4 Å². The van der Waals surface area contributed by atoms with Crippen molar-refractivity contribution in [2.75, 3.05) is 45.3 Å². The Morgan fingerprint density at radius 1 is 1.04 bits per heavy atom. The molecule has 132 valence electrons. The Kier molecular flexibility index (Phi) is 5.07. The zero-order valence-electron chi connectivity index (χ0n) is 14.9. The molecule has 1 aromatic heterocycles. The molecule has 0 aliphatic carbocycles. The smallest absolute Gasteiger partial charge is 0.254 e. The molecular formula is C19H23N3O3. The second kappa shape index (κ2) is 7.42. The predicted molar refractivity (Wildman–Crippen MR) is 96.6 cm³/mol. The van der Waals surface area contributed by atoms with E-state index in [1.807, 2.05) is 30.0 Å². The molecule has 2 aromatic rings. The summed E-state index contributed by atoms with van der Waals surface area (Å²) in [5, 5.41) is 0. The van der Waals surface area contributed by atoms with Gasteiger partial charge in [0.05, 0.1) is 14.2 Å². The average Bonchev–Trinajstić information content (AvgIpc) is 2.68. The number of pyridine rings is 1. The van der Waals surface area contributed by atoms with Gasteiger partial charge in [0, 0.05) is 43.5 Å². The molecular weight excluding hydrogens is 318 g/mol. The summed E-state index contributed by atoms with van der Waals surface area (Å²) in [4.78, 5) is 21.3. The van der Waals surface area contributed by atoms with Crippen LogP contribution in [0.5, 0.6) is 11.5 Å². The number of nitrogens with zero attached hydrogens (tertiary/aromatic N) is 3. The normalized spacial score (nSPS) is 14.4. The van der Waals surface area contributed by atoms with Gasteiger partial charge in [-0.05, 0) is 31.2 Å². The van der Waals surface area contributed by atoms with E-state index in [1.54, 1.807) is 32.5 Å². The topological polar surface area (TPSA) is 54.9 Å². The third-order valence-corrected chi connectivity index (χ3v) is 4.54. The number of carbonyl (C=O) groups is 1. The van der Waals surface area contributed by atoms with Gasteiger partial charge in [-0.3, -0.25) is 4.79 Å². The highest BCUT2D eigenvalue weighted by molar-refractivity contribution is 5.95. The number of ether oxygens (including phenoxy) is 2. The van der Waals surface area contributed by atoms with Gasteiger partial charge >= 0.3 is 0 Å². The second-order valence-corrected chi connectivity index (χ2v) is 5.97. The SMILES string of the molecule is COc1cc(C(=O)N2CCN(c3ccccn3)CC2)cc(OC)c1C. The van der Waals surface area contributed by atoms with Crippen molar-refractivity contribution in [1.29, 1.82) is 0 Å². The number of piperazine rings is 1. The minimum Gasteiger partial charge on any atom is -0.496 e. The van der Waals surface area contributed by atoms with Crippen LogP contribution in [0.1, 0.15) is 15.9 Å². The lowest BCUT2D eigenvalue weighted by atomic mass is 10.1. The first-order chi connectivity index (χ1) is 12.1. The number of benzene rings is 1. The van der Waals surface area contributed by atoms with Crippen molar-refractivity contribution in [1.82, 2.24) is 9.88 Å². The minimum atomic E-state index is -0.00253. The van der Waals surface area contributed by atoms with Crippen LogP contribution in [0.25, 0.3) is 0 Å². The number of hydrogen-bond donors (Lipinski definition) is 0. The standard InChI is InChI=1S/C19H23N3O3/c1-14-16(24-2)12-15(13-17(14)25-3)19(23)22-10-8-21(9-11-22)18-6-4-5-7-20-18/h4-7,12-13H,8-11H2,1-3H3. The fourth-order valence-corrected chi connectivity index (χ4v) is 3.07. The molecule has 25 heavy (non-hydrogen) atoms. The van der Waals surface area contributed by atoms with Gasteiger partial charge in [0.2, 0.25) is 0 Å². The summed E-state index contributed by atoms with van der Waals surface area (Å²) in [6, 6.07) is 9.44. The predicted octanol–water partition coefficient (Wildman–Crippen LogP) is 2.37. The Bertz CT molecular complexity index is 716. The summed E-state index contributed by atoms with van der Waals surface area (Å²) in [6.07, 6.45) is 1.79. The van der Waals surface area contributed by atoms with Crippen molar-refractivity contribution >= 4 is 11.7 Å². The van der Waals surface area contributed by atoms with Gasteiger partial charge in [0.1, 0.15) is 17.3 Å². The van der Waals surface area contributed by atoms with Crippen LogP contribution in [0.2, 0.25) is 0 Å². The first-order valence-corrected chi connectivity index (χ1v) is 8.32. The third-order valence-electron chi connectivity index (χ3n) is 4.54. The Labute approximate surface area is 148 Å². The van der Waals surface area contributed by atoms with Gasteiger partial charge < -0.3 is 19.3 Å². The number of carbonyl (C=O) groups excluding carboxylic acids is 1. The van der Waals surface area contributed by atoms with Gasteiger partial charge in [-0.2, -0.15) is 0 Å². The molecule has 6 heteroatoms. The number of aromatic nitrogens is 1. The van der Waals surface area contributed by atoms with Crippen molar-refractivity contribution in [2.24, 2.45) is 0 Å². The molecule has 2 heterocycles. The van der Waals surface area contributed by atoms with Crippen molar-refractivity contribution < 1.29 is 14.3 Å². The number of hydrogen-bond acceptors (Lipinski definition) is 5. The third kappa shape index (κ3) is 3.52. The van der Waals surface area contributed by atoms with Crippen LogP contribution in [0.15, 0.2) is 36.5 Å². The molecule has 0 saturated carbocycles. The molecule has 0 spiro atoms. The first kappa shape index (κ1) is 17.1. The van der Waals surface area contributed by atoms with Crippen LogP contribution in [0.4, 0.5) is 5.82 Å². The molecule has 6 nitrogen and oxygen atoms in total. The van der Waals surface area contributed by atoms with Crippen molar-refractivity contribution in [3.8, 4) is 11.5 Å². The Morgan fingerprint density at radius 3 is 2.20 bits per heavy atom.